The molecule has 1 saturated carbocycles. The first-order chi connectivity index (χ1) is 15.7. The highest BCUT2D eigenvalue weighted by Gasteiger charge is 2.31. The van der Waals surface area contributed by atoms with Crippen LogP contribution in [0, 0.1) is 5.41 Å². The second kappa shape index (κ2) is 15.0. The lowest BCUT2D eigenvalue weighted by Gasteiger charge is -2.36. The molecule has 2 aliphatic rings. The molecule has 33 heavy (non-hydrogen) atoms. The molecule has 1 unspecified atom stereocenters. The molecule has 3 rings (SSSR count). The lowest BCUT2D eigenvalue weighted by molar-refractivity contribution is 0.0170. The van der Waals surface area contributed by atoms with Crippen LogP contribution in [0.15, 0.2) is 29.3 Å². The molecule has 0 bridgehead atoms. The number of guanidine groups is 1. The molecule has 2 fully saturated rings. The first kappa shape index (κ1) is 28.1. The fourth-order valence-electron chi connectivity index (χ4n) is 4.98. The Morgan fingerprint density at radius 1 is 1.15 bits per heavy atom. The number of nitrogens with one attached hydrogen (secondary N) is 2. The Labute approximate surface area is 216 Å². The molecule has 0 aromatic heterocycles. The third-order valence-electron chi connectivity index (χ3n) is 6.92. The number of aliphatic hydroxyl groups excluding tert-OH is 1. The minimum atomic E-state index is 0. The third-order valence-corrected chi connectivity index (χ3v) is 6.92. The van der Waals surface area contributed by atoms with Crippen LogP contribution in [0.4, 0.5) is 0 Å². The number of hydrogen-bond donors (Lipinski definition) is 3. The van der Waals surface area contributed by atoms with E-state index in [1.807, 2.05) is 12.1 Å². The maximum Gasteiger partial charge on any atom is 0.191 e. The van der Waals surface area contributed by atoms with Gasteiger partial charge in [0.1, 0.15) is 5.75 Å². The van der Waals surface area contributed by atoms with Gasteiger partial charge in [-0.25, -0.2) is 0 Å². The van der Waals surface area contributed by atoms with Gasteiger partial charge in [0.2, 0.25) is 0 Å². The molecule has 0 spiro atoms. The maximum absolute atomic E-state index is 9.63. The molecule has 8 heteroatoms. The van der Waals surface area contributed by atoms with E-state index in [1.165, 1.54) is 37.7 Å². The van der Waals surface area contributed by atoms with Gasteiger partial charge < -0.3 is 25.2 Å². The summed E-state index contributed by atoms with van der Waals surface area (Å²) in [5.41, 5.74) is 1.41. The molecule has 188 valence electrons. The number of hydrogen-bond acceptors (Lipinski definition) is 5. The van der Waals surface area contributed by atoms with Crippen LogP contribution in [0.1, 0.15) is 57.1 Å². The lowest BCUT2D eigenvalue weighted by Crippen LogP contribution is -2.46. The Morgan fingerprint density at radius 2 is 1.85 bits per heavy atom. The van der Waals surface area contributed by atoms with E-state index in [2.05, 4.69) is 34.6 Å². The Kier molecular flexibility index (Phi) is 12.8. The molecule has 3 N–H and O–H groups in total. The van der Waals surface area contributed by atoms with Crippen molar-refractivity contribution in [1.82, 2.24) is 15.5 Å². The fraction of sp³-hybridized carbons (Fsp3) is 0.720. The molecule has 0 radical (unpaired) electrons. The summed E-state index contributed by atoms with van der Waals surface area (Å²) >= 11 is 0. The summed E-state index contributed by atoms with van der Waals surface area (Å²) in [7, 11) is 1.70. The largest absolute Gasteiger partial charge is 0.497 e. The first-order valence-corrected chi connectivity index (χ1v) is 12.3. The Hall–Kier alpha value is -1.10. The van der Waals surface area contributed by atoms with Crippen molar-refractivity contribution in [2.45, 2.75) is 51.5 Å². The molecule has 7 nitrogen and oxygen atoms in total. The predicted octanol–water partition coefficient (Wildman–Crippen LogP) is 3.57. The average Bonchev–Trinajstić information content (AvgIpc) is 2.84. The van der Waals surface area contributed by atoms with E-state index in [4.69, 9.17) is 14.5 Å². The second-order valence-corrected chi connectivity index (χ2v) is 9.05. The number of benzene rings is 1. The van der Waals surface area contributed by atoms with Gasteiger partial charge in [-0.05, 0) is 49.3 Å². The summed E-state index contributed by atoms with van der Waals surface area (Å²) in [6, 6.07) is 8.61. The lowest BCUT2D eigenvalue weighted by atomic mass is 9.72. The highest BCUT2D eigenvalue weighted by molar-refractivity contribution is 14.0. The van der Waals surface area contributed by atoms with Crippen molar-refractivity contribution in [2.75, 3.05) is 59.7 Å². The van der Waals surface area contributed by atoms with E-state index >= 15 is 0 Å². The van der Waals surface area contributed by atoms with Crippen LogP contribution in [0.3, 0.4) is 0 Å². The minimum absolute atomic E-state index is 0. The summed E-state index contributed by atoms with van der Waals surface area (Å²) < 4.78 is 10.9. The molecule has 1 aliphatic heterocycles. The first-order valence-electron chi connectivity index (χ1n) is 12.3. The number of rotatable bonds is 10. The van der Waals surface area contributed by atoms with Crippen LogP contribution in [0.2, 0.25) is 0 Å². The third kappa shape index (κ3) is 8.56. The van der Waals surface area contributed by atoms with Crippen LogP contribution in [-0.2, 0) is 4.74 Å². The standard InChI is InChI=1S/C25H42N4O3.HI/c1-3-26-24(28-20-25(13-16-30)11-5-4-6-12-25)27-19-23(29-14-17-32-18-15-29)21-7-9-22(31-2)10-8-21;/h7-10,23,30H,3-6,11-20H2,1-2H3,(H2,26,27,28);1H. The topological polar surface area (TPSA) is 78.4 Å². The predicted molar refractivity (Wildman–Crippen MR) is 145 cm³/mol. The monoisotopic (exact) mass is 574 g/mol. The van der Waals surface area contributed by atoms with Crippen molar-refractivity contribution in [3.8, 4) is 5.75 Å². The zero-order valence-corrected chi connectivity index (χ0v) is 22.7. The summed E-state index contributed by atoms with van der Waals surface area (Å²) in [6.07, 6.45) is 6.97. The molecule has 1 aromatic carbocycles. The van der Waals surface area contributed by atoms with Crippen molar-refractivity contribution in [2.24, 2.45) is 10.4 Å². The molecular formula is C25H43IN4O3. The van der Waals surface area contributed by atoms with Gasteiger partial charge in [-0.2, -0.15) is 0 Å². The van der Waals surface area contributed by atoms with E-state index in [1.54, 1.807) is 7.11 Å². The van der Waals surface area contributed by atoms with Crippen LogP contribution < -0.4 is 15.4 Å². The van der Waals surface area contributed by atoms with Gasteiger partial charge in [-0.15, -0.1) is 24.0 Å². The smallest absolute Gasteiger partial charge is 0.191 e. The number of ether oxygens (including phenoxy) is 2. The van der Waals surface area contributed by atoms with Crippen molar-refractivity contribution in [3.63, 3.8) is 0 Å². The molecule has 1 aliphatic carbocycles. The summed E-state index contributed by atoms with van der Waals surface area (Å²) in [6.45, 7) is 8.09. The number of morpholine rings is 1. The quantitative estimate of drug-likeness (QED) is 0.226. The average molecular weight is 575 g/mol. The van der Waals surface area contributed by atoms with Crippen LogP contribution >= 0.6 is 24.0 Å². The number of nitrogens with zero attached hydrogens (tertiary/aromatic N) is 2. The number of methoxy groups -OCH3 is 1. The van der Waals surface area contributed by atoms with Gasteiger partial charge in [0.05, 0.1) is 26.4 Å². The minimum Gasteiger partial charge on any atom is -0.497 e. The summed E-state index contributed by atoms with van der Waals surface area (Å²) in [4.78, 5) is 7.47. The Bertz CT molecular complexity index is 684. The van der Waals surface area contributed by atoms with Gasteiger partial charge in [0.25, 0.3) is 0 Å². The second-order valence-electron chi connectivity index (χ2n) is 9.05. The normalized spacial score (nSPS) is 19.9. The van der Waals surface area contributed by atoms with E-state index < -0.39 is 0 Å². The molecule has 1 heterocycles. The zero-order chi connectivity index (χ0) is 22.7. The van der Waals surface area contributed by atoms with Crippen molar-refractivity contribution in [1.29, 1.82) is 0 Å². The van der Waals surface area contributed by atoms with Crippen LogP contribution in [-0.4, -0.2) is 75.6 Å². The van der Waals surface area contributed by atoms with Gasteiger partial charge in [-0.1, -0.05) is 31.4 Å². The van der Waals surface area contributed by atoms with E-state index in [0.29, 0.717) is 0 Å². The van der Waals surface area contributed by atoms with E-state index in [-0.39, 0.29) is 42.0 Å². The maximum atomic E-state index is 9.63. The molecule has 1 atom stereocenters. The molecule has 0 amide bonds. The Morgan fingerprint density at radius 3 is 2.45 bits per heavy atom. The van der Waals surface area contributed by atoms with E-state index in [0.717, 1.165) is 64.1 Å². The number of halogens is 1. The molecular weight excluding hydrogens is 531 g/mol. The summed E-state index contributed by atoms with van der Waals surface area (Å²) in [5.74, 6) is 1.74. The highest BCUT2D eigenvalue weighted by atomic mass is 127. The van der Waals surface area contributed by atoms with Gasteiger partial charge in [0, 0.05) is 39.3 Å². The van der Waals surface area contributed by atoms with Crippen LogP contribution in [0.5, 0.6) is 5.75 Å². The van der Waals surface area contributed by atoms with Gasteiger partial charge >= 0.3 is 0 Å². The number of aliphatic hydroxyl groups is 1. The SMILES string of the molecule is CCNC(=NCC1(CCO)CCCCC1)NCC(c1ccc(OC)cc1)N1CCOCC1.I. The highest BCUT2D eigenvalue weighted by Crippen LogP contribution is 2.39. The van der Waals surface area contributed by atoms with Gasteiger partial charge in [-0.3, -0.25) is 9.89 Å². The van der Waals surface area contributed by atoms with E-state index in [9.17, 15) is 5.11 Å². The molecule has 1 aromatic rings. The van der Waals surface area contributed by atoms with Crippen molar-refractivity contribution in [3.05, 3.63) is 29.8 Å². The Balaban J connectivity index is 0.00000385. The zero-order valence-electron chi connectivity index (χ0n) is 20.4. The number of aliphatic imine (C=N–C) groups is 1. The summed E-state index contributed by atoms with van der Waals surface area (Å²) in [5, 5.41) is 16.7. The van der Waals surface area contributed by atoms with Crippen LogP contribution in [0.25, 0.3) is 0 Å². The van der Waals surface area contributed by atoms with Crippen molar-refractivity contribution >= 4 is 29.9 Å². The van der Waals surface area contributed by atoms with Crippen molar-refractivity contribution < 1.29 is 14.6 Å². The fourth-order valence-corrected chi connectivity index (χ4v) is 4.98. The van der Waals surface area contributed by atoms with Gasteiger partial charge in [0.15, 0.2) is 5.96 Å². The molecule has 1 saturated heterocycles.